The van der Waals surface area contributed by atoms with Crippen molar-refractivity contribution in [2.75, 3.05) is 0 Å². The maximum atomic E-state index is 5.63. The van der Waals surface area contributed by atoms with Gasteiger partial charge in [-0.2, -0.15) is 0 Å². The maximum Gasteiger partial charge on any atom is 0.106 e. The van der Waals surface area contributed by atoms with Gasteiger partial charge in [0, 0.05) is 6.04 Å². The summed E-state index contributed by atoms with van der Waals surface area (Å²) in [5.74, 6) is 0. The summed E-state index contributed by atoms with van der Waals surface area (Å²) in [7, 11) is 0. The van der Waals surface area contributed by atoms with Crippen molar-refractivity contribution in [2.45, 2.75) is 52.0 Å². The Morgan fingerprint density at radius 3 is 2.40 bits per heavy atom. The first kappa shape index (κ1) is 8.02. The van der Waals surface area contributed by atoms with Crippen LogP contribution in [0.4, 0.5) is 0 Å². The first-order valence-corrected chi connectivity index (χ1v) is 3.93. The van der Waals surface area contributed by atoms with Crippen LogP contribution in [0.15, 0.2) is 0 Å². The highest BCUT2D eigenvalue weighted by Gasteiger charge is 2.29. The smallest absolute Gasteiger partial charge is 0.106 e. The molecule has 1 heterocycles. The molecule has 2 heteroatoms. The van der Waals surface area contributed by atoms with Gasteiger partial charge in [-0.15, -0.1) is 0 Å². The average Bonchev–Trinajstić information content (AvgIpc) is 1.54. The second-order valence-corrected chi connectivity index (χ2v) is 3.79. The molecule has 0 aromatic rings. The molecule has 0 radical (unpaired) electrons. The minimum absolute atomic E-state index is 0.0596. The first-order chi connectivity index (χ1) is 4.49. The Labute approximate surface area is 63.0 Å². The van der Waals surface area contributed by atoms with Crippen LogP contribution >= 0.6 is 0 Å². The molecule has 1 rings (SSSR count). The predicted molar refractivity (Wildman–Crippen MR) is 41.8 cm³/mol. The molecule has 0 unspecified atom stereocenters. The molecule has 1 saturated heterocycles. The van der Waals surface area contributed by atoms with Gasteiger partial charge in [-0.25, -0.2) is 0 Å². The van der Waals surface area contributed by atoms with E-state index in [9.17, 15) is 0 Å². The Hall–Kier alpha value is -0.0800. The largest absolute Gasteiger partial charge is 0.358 e. The van der Waals surface area contributed by atoms with E-state index in [1.54, 1.807) is 0 Å². The minimum Gasteiger partial charge on any atom is -0.358 e. The van der Waals surface area contributed by atoms with Crippen molar-refractivity contribution in [3.8, 4) is 0 Å². The van der Waals surface area contributed by atoms with Gasteiger partial charge in [0.15, 0.2) is 0 Å². The lowest BCUT2D eigenvalue weighted by atomic mass is 9.98. The standard InChI is InChI=1S/C8H17NO/c1-6-5-8(3,4)10-7(2)9-6/h6-7,9H,5H2,1-4H3/t6-,7-/m0/s1. The fraction of sp³-hybridized carbons (Fsp3) is 1.00. The molecule has 0 spiro atoms. The average molecular weight is 143 g/mol. The lowest BCUT2D eigenvalue weighted by molar-refractivity contribution is -0.120. The van der Waals surface area contributed by atoms with Gasteiger partial charge in [0.1, 0.15) is 6.23 Å². The van der Waals surface area contributed by atoms with Crippen LogP contribution in [-0.2, 0) is 4.74 Å². The maximum absolute atomic E-state index is 5.63. The Balaban J connectivity index is 2.51. The van der Waals surface area contributed by atoms with E-state index in [2.05, 4.69) is 33.0 Å². The van der Waals surface area contributed by atoms with Crippen LogP contribution in [0.25, 0.3) is 0 Å². The number of hydrogen-bond acceptors (Lipinski definition) is 2. The van der Waals surface area contributed by atoms with Crippen LogP contribution in [0.5, 0.6) is 0 Å². The molecule has 10 heavy (non-hydrogen) atoms. The van der Waals surface area contributed by atoms with Gasteiger partial charge in [0.05, 0.1) is 5.60 Å². The highest BCUT2D eigenvalue weighted by Crippen LogP contribution is 2.22. The molecule has 0 aliphatic carbocycles. The molecular weight excluding hydrogens is 126 g/mol. The van der Waals surface area contributed by atoms with E-state index < -0.39 is 0 Å². The highest BCUT2D eigenvalue weighted by atomic mass is 16.5. The number of ether oxygens (including phenoxy) is 1. The van der Waals surface area contributed by atoms with Crippen LogP contribution in [0.2, 0.25) is 0 Å². The lowest BCUT2D eigenvalue weighted by Gasteiger charge is -2.38. The van der Waals surface area contributed by atoms with Crippen molar-refractivity contribution >= 4 is 0 Å². The molecule has 0 bridgehead atoms. The molecular formula is C8H17NO. The Kier molecular flexibility index (Phi) is 2.02. The molecule has 2 nitrogen and oxygen atoms in total. The summed E-state index contributed by atoms with van der Waals surface area (Å²) < 4.78 is 5.63. The summed E-state index contributed by atoms with van der Waals surface area (Å²) in [6.07, 6.45) is 1.30. The Morgan fingerprint density at radius 1 is 1.40 bits per heavy atom. The SMILES string of the molecule is C[C@H]1CC(C)(C)O[C@@H](C)N1. The molecule has 0 saturated carbocycles. The predicted octanol–water partition coefficient (Wildman–Crippen LogP) is 1.51. The molecule has 0 aromatic heterocycles. The third kappa shape index (κ3) is 1.96. The third-order valence-corrected chi connectivity index (χ3v) is 1.81. The molecule has 1 fully saturated rings. The van der Waals surface area contributed by atoms with E-state index in [0.29, 0.717) is 6.04 Å². The normalized spacial score (nSPS) is 39.6. The molecule has 1 aliphatic rings. The van der Waals surface area contributed by atoms with Crippen molar-refractivity contribution < 1.29 is 4.74 Å². The highest BCUT2D eigenvalue weighted by molar-refractivity contribution is 4.81. The van der Waals surface area contributed by atoms with Gasteiger partial charge >= 0.3 is 0 Å². The molecule has 2 atom stereocenters. The topological polar surface area (TPSA) is 21.3 Å². The minimum atomic E-state index is 0.0596. The summed E-state index contributed by atoms with van der Waals surface area (Å²) in [5, 5.41) is 3.31. The molecule has 60 valence electrons. The van der Waals surface area contributed by atoms with Crippen LogP contribution in [0.1, 0.15) is 34.1 Å². The summed E-state index contributed by atoms with van der Waals surface area (Å²) in [5.41, 5.74) is 0.0596. The molecule has 1 N–H and O–H groups in total. The van der Waals surface area contributed by atoms with Crippen molar-refractivity contribution in [2.24, 2.45) is 0 Å². The fourth-order valence-electron chi connectivity index (χ4n) is 1.76. The lowest BCUT2D eigenvalue weighted by Crippen LogP contribution is -2.50. The van der Waals surface area contributed by atoms with Crippen LogP contribution in [0.3, 0.4) is 0 Å². The molecule has 1 aliphatic heterocycles. The zero-order valence-corrected chi connectivity index (χ0v) is 7.27. The van der Waals surface area contributed by atoms with E-state index in [1.807, 2.05) is 0 Å². The number of nitrogens with one attached hydrogen (secondary N) is 1. The zero-order valence-electron chi connectivity index (χ0n) is 7.27. The van der Waals surface area contributed by atoms with Crippen molar-refractivity contribution in [1.29, 1.82) is 0 Å². The quantitative estimate of drug-likeness (QED) is 0.555. The van der Waals surface area contributed by atoms with Gasteiger partial charge in [-0.05, 0) is 34.1 Å². The van der Waals surface area contributed by atoms with E-state index in [0.717, 1.165) is 6.42 Å². The molecule has 0 amide bonds. The van der Waals surface area contributed by atoms with Crippen LogP contribution in [0, 0.1) is 0 Å². The summed E-state index contributed by atoms with van der Waals surface area (Å²) in [6.45, 7) is 8.53. The van der Waals surface area contributed by atoms with E-state index >= 15 is 0 Å². The Bertz CT molecular complexity index is 110. The molecule has 0 aromatic carbocycles. The van der Waals surface area contributed by atoms with Crippen LogP contribution in [-0.4, -0.2) is 17.9 Å². The third-order valence-electron chi connectivity index (χ3n) is 1.81. The van der Waals surface area contributed by atoms with Gasteiger partial charge in [-0.1, -0.05) is 0 Å². The number of hydrogen-bond donors (Lipinski definition) is 1. The fourth-order valence-corrected chi connectivity index (χ4v) is 1.76. The summed E-state index contributed by atoms with van der Waals surface area (Å²) in [6, 6.07) is 0.582. The van der Waals surface area contributed by atoms with Crippen LogP contribution < -0.4 is 5.32 Å². The summed E-state index contributed by atoms with van der Waals surface area (Å²) >= 11 is 0. The van der Waals surface area contributed by atoms with E-state index in [-0.39, 0.29) is 11.8 Å². The first-order valence-electron chi connectivity index (χ1n) is 3.93. The van der Waals surface area contributed by atoms with Gasteiger partial charge in [0.25, 0.3) is 0 Å². The zero-order chi connectivity index (χ0) is 7.78. The van der Waals surface area contributed by atoms with Gasteiger partial charge in [0.2, 0.25) is 0 Å². The van der Waals surface area contributed by atoms with Gasteiger partial charge < -0.3 is 4.74 Å². The van der Waals surface area contributed by atoms with Crippen molar-refractivity contribution in [3.63, 3.8) is 0 Å². The van der Waals surface area contributed by atoms with Crippen molar-refractivity contribution in [3.05, 3.63) is 0 Å². The summed E-state index contributed by atoms with van der Waals surface area (Å²) in [4.78, 5) is 0. The second-order valence-electron chi connectivity index (χ2n) is 3.79. The van der Waals surface area contributed by atoms with Gasteiger partial charge in [-0.3, -0.25) is 5.32 Å². The Morgan fingerprint density at radius 2 is 2.00 bits per heavy atom. The van der Waals surface area contributed by atoms with E-state index in [4.69, 9.17) is 4.74 Å². The number of rotatable bonds is 0. The van der Waals surface area contributed by atoms with E-state index in [1.165, 1.54) is 0 Å². The monoisotopic (exact) mass is 143 g/mol. The second kappa shape index (κ2) is 2.51. The van der Waals surface area contributed by atoms with Crippen molar-refractivity contribution in [1.82, 2.24) is 5.32 Å².